The topological polar surface area (TPSA) is 106 Å². The predicted molar refractivity (Wildman–Crippen MR) is 63.6 cm³/mol. The van der Waals surface area contributed by atoms with Crippen LogP contribution in [-0.4, -0.2) is 17.0 Å². The highest BCUT2D eigenvalue weighted by molar-refractivity contribution is 5.97. The van der Waals surface area contributed by atoms with Crippen LogP contribution >= 0.6 is 24.8 Å². The Kier molecular flexibility index (Phi) is 8.32. The molecule has 0 radical (unpaired) electrons. The largest absolute Gasteiger partial charge is 0.370 e. The van der Waals surface area contributed by atoms with Crippen molar-refractivity contribution in [1.29, 1.82) is 0 Å². The van der Waals surface area contributed by atoms with Crippen molar-refractivity contribution in [2.24, 2.45) is 16.5 Å². The highest BCUT2D eigenvalue weighted by Gasteiger charge is 1.98. The molecule has 1 aromatic heterocycles. The lowest BCUT2D eigenvalue weighted by molar-refractivity contribution is 0.259. The lowest BCUT2D eigenvalue weighted by Gasteiger charge is -1.99. The number of anilines is 1. The highest BCUT2D eigenvalue weighted by Crippen LogP contribution is 2.02. The molecule has 0 aliphatic carbocycles. The maximum atomic E-state index is 10.9. The van der Waals surface area contributed by atoms with E-state index >= 15 is 0 Å². The number of nitrogens with zero attached hydrogens (tertiary/aromatic N) is 2. The smallest absolute Gasteiger partial charge is 0.348 e. The molecule has 84 valence electrons. The van der Waals surface area contributed by atoms with Gasteiger partial charge in [-0.2, -0.15) is 4.99 Å². The van der Waals surface area contributed by atoms with Gasteiger partial charge in [0.1, 0.15) is 0 Å². The maximum absolute atomic E-state index is 10.9. The quantitative estimate of drug-likeness (QED) is 0.505. The molecule has 15 heavy (non-hydrogen) atoms. The third kappa shape index (κ3) is 6.53. The number of halogens is 2. The molecule has 6 nitrogen and oxygen atoms in total. The molecule has 0 spiro atoms. The van der Waals surface area contributed by atoms with Crippen molar-refractivity contribution < 1.29 is 4.79 Å². The van der Waals surface area contributed by atoms with Crippen LogP contribution in [0, 0.1) is 0 Å². The van der Waals surface area contributed by atoms with Gasteiger partial charge in [0.15, 0.2) is 5.96 Å². The number of urea groups is 1. The Balaban J connectivity index is 0. The van der Waals surface area contributed by atoms with Crippen LogP contribution < -0.4 is 16.8 Å². The lowest BCUT2D eigenvalue weighted by Crippen LogP contribution is -2.25. The van der Waals surface area contributed by atoms with E-state index in [9.17, 15) is 4.79 Å². The molecule has 1 heterocycles. The van der Waals surface area contributed by atoms with Gasteiger partial charge in [0.25, 0.3) is 0 Å². The molecule has 0 saturated heterocycles. The van der Waals surface area contributed by atoms with E-state index in [1.807, 2.05) is 0 Å². The number of nitrogens with one attached hydrogen (secondary N) is 1. The summed E-state index contributed by atoms with van der Waals surface area (Å²) < 4.78 is 0. The zero-order valence-electron chi connectivity index (χ0n) is 7.58. The molecule has 1 aromatic rings. The van der Waals surface area contributed by atoms with Crippen LogP contribution in [0.4, 0.5) is 10.5 Å². The minimum atomic E-state index is -0.618. The van der Waals surface area contributed by atoms with E-state index in [2.05, 4.69) is 15.3 Å². The molecule has 0 aliphatic heterocycles. The van der Waals surface area contributed by atoms with Gasteiger partial charge in [-0.3, -0.25) is 4.98 Å². The van der Waals surface area contributed by atoms with Crippen LogP contribution in [-0.2, 0) is 0 Å². The van der Waals surface area contributed by atoms with Crippen LogP contribution in [0.3, 0.4) is 0 Å². The number of carbonyl (C=O) groups excluding carboxylic acids is 1. The molecule has 1 rings (SSSR count). The Hall–Kier alpha value is -1.53. The van der Waals surface area contributed by atoms with Crippen LogP contribution in [0.25, 0.3) is 0 Å². The summed E-state index contributed by atoms with van der Waals surface area (Å²) in [6.07, 6.45) is 3.08. The molecule has 0 aliphatic rings. The predicted octanol–water partition coefficient (Wildman–Crippen LogP) is 0.730. The zero-order chi connectivity index (χ0) is 9.68. The number of rotatable bonds is 1. The van der Waals surface area contributed by atoms with E-state index in [1.54, 1.807) is 18.3 Å². The monoisotopic (exact) mass is 251 g/mol. The summed E-state index contributed by atoms with van der Waals surface area (Å²) in [7, 11) is 0. The maximum Gasteiger partial charge on any atom is 0.348 e. The van der Waals surface area contributed by atoms with Gasteiger partial charge in [-0.05, 0) is 12.1 Å². The number of amides is 2. The van der Waals surface area contributed by atoms with E-state index in [-0.39, 0.29) is 30.8 Å². The molecule has 8 heteroatoms. The van der Waals surface area contributed by atoms with Crippen molar-refractivity contribution in [2.45, 2.75) is 0 Å². The van der Waals surface area contributed by atoms with E-state index in [0.717, 1.165) is 0 Å². The standard InChI is InChI=1S/C7H9N5O.2ClH/c8-6(9)12-7(13)11-5-2-1-3-10-4-5;;/h1-4H,(H5,8,9,11,12,13);2*1H. The van der Waals surface area contributed by atoms with Crippen molar-refractivity contribution in [1.82, 2.24) is 4.98 Å². The normalized spacial score (nSPS) is 7.73. The second kappa shape index (κ2) is 7.84. The van der Waals surface area contributed by atoms with Crippen LogP contribution in [0.15, 0.2) is 29.5 Å². The number of pyridine rings is 1. The number of hydrogen-bond donors (Lipinski definition) is 3. The summed E-state index contributed by atoms with van der Waals surface area (Å²) in [6.45, 7) is 0. The highest BCUT2D eigenvalue weighted by atomic mass is 35.5. The summed E-state index contributed by atoms with van der Waals surface area (Å²) >= 11 is 0. The molecule has 0 fully saturated rings. The second-order valence-electron chi connectivity index (χ2n) is 2.21. The van der Waals surface area contributed by atoms with Crippen LogP contribution in [0.2, 0.25) is 0 Å². The summed E-state index contributed by atoms with van der Waals surface area (Å²) in [5, 5.41) is 2.42. The van der Waals surface area contributed by atoms with Crippen molar-refractivity contribution in [3.8, 4) is 0 Å². The number of aromatic nitrogens is 1. The van der Waals surface area contributed by atoms with Gasteiger partial charge in [-0.25, -0.2) is 4.79 Å². The van der Waals surface area contributed by atoms with Crippen molar-refractivity contribution >= 4 is 42.5 Å². The first-order valence-electron chi connectivity index (χ1n) is 3.49. The molecule has 0 bridgehead atoms. The zero-order valence-corrected chi connectivity index (χ0v) is 9.22. The molecule has 5 N–H and O–H groups in total. The van der Waals surface area contributed by atoms with Crippen LogP contribution in [0.1, 0.15) is 0 Å². The van der Waals surface area contributed by atoms with Gasteiger partial charge in [0.05, 0.1) is 11.9 Å². The van der Waals surface area contributed by atoms with Crippen molar-refractivity contribution in [3.63, 3.8) is 0 Å². The number of aliphatic imine (C=N–C) groups is 1. The van der Waals surface area contributed by atoms with Gasteiger partial charge in [0, 0.05) is 6.20 Å². The summed E-state index contributed by atoms with van der Waals surface area (Å²) in [5.74, 6) is -0.276. The SMILES string of the molecule is Cl.Cl.NC(N)=NC(=O)Nc1cccnc1. The molecule has 2 amide bonds. The molecule has 0 aromatic carbocycles. The van der Waals surface area contributed by atoms with Crippen LogP contribution in [0.5, 0.6) is 0 Å². The van der Waals surface area contributed by atoms with Gasteiger partial charge < -0.3 is 16.8 Å². The lowest BCUT2D eigenvalue weighted by atomic mass is 10.4. The van der Waals surface area contributed by atoms with Gasteiger partial charge in [0.2, 0.25) is 0 Å². The van der Waals surface area contributed by atoms with Crippen molar-refractivity contribution in [2.75, 3.05) is 5.32 Å². The molecular weight excluding hydrogens is 241 g/mol. The van der Waals surface area contributed by atoms with E-state index in [4.69, 9.17) is 11.5 Å². The number of nitrogens with two attached hydrogens (primary N) is 2. The first kappa shape index (κ1) is 15.9. The summed E-state index contributed by atoms with van der Waals surface area (Å²) in [6, 6.07) is 2.74. The molecule has 0 unspecified atom stereocenters. The minimum absolute atomic E-state index is 0. The van der Waals surface area contributed by atoms with E-state index in [1.165, 1.54) is 6.20 Å². The fourth-order valence-electron chi connectivity index (χ4n) is 0.705. The van der Waals surface area contributed by atoms with E-state index in [0.29, 0.717) is 5.69 Å². The van der Waals surface area contributed by atoms with E-state index < -0.39 is 6.03 Å². The molecule has 0 atom stereocenters. The Labute approximate surface area is 99.0 Å². The Bertz CT molecular complexity index is 325. The van der Waals surface area contributed by atoms with Crippen molar-refractivity contribution in [3.05, 3.63) is 24.5 Å². The number of carbonyl (C=O) groups is 1. The third-order valence-electron chi connectivity index (χ3n) is 1.14. The summed E-state index contributed by atoms with van der Waals surface area (Å²) in [5.41, 5.74) is 10.5. The Morgan fingerprint density at radius 3 is 2.53 bits per heavy atom. The van der Waals surface area contributed by atoms with Gasteiger partial charge >= 0.3 is 6.03 Å². The summed E-state index contributed by atoms with van der Waals surface area (Å²) in [4.78, 5) is 18.0. The third-order valence-corrected chi connectivity index (χ3v) is 1.14. The molecular formula is C7H11Cl2N5O. The average molecular weight is 252 g/mol. The Morgan fingerprint density at radius 1 is 1.40 bits per heavy atom. The second-order valence-corrected chi connectivity index (χ2v) is 2.21. The Morgan fingerprint density at radius 2 is 2.07 bits per heavy atom. The minimum Gasteiger partial charge on any atom is -0.370 e. The number of hydrogen-bond acceptors (Lipinski definition) is 2. The van der Waals surface area contributed by atoms with Gasteiger partial charge in [-0.15, -0.1) is 24.8 Å². The fraction of sp³-hybridized carbons (Fsp3) is 0. The van der Waals surface area contributed by atoms with Gasteiger partial charge in [-0.1, -0.05) is 0 Å². The fourth-order valence-corrected chi connectivity index (χ4v) is 0.705. The first-order chi connectivity index (χ1) is 6.18. The average Bonchev–Trinajstić information content (AvgIpc) is 2.04. The number of guanidine groups is 1. The first-order valence-corrected chi connectivity index (χ1v) is 3.49. The molecule has 0 saturated carbocycles.